The van der Waals surface area contributed by atoms with Crippen molar-refractivity contribution in [2.45, 2.75) is 25.8 Å². The second-order valence-electron chi connectivity index (χ2n) is 5.09. The highest BCUT2D eigenvalue weighted by atomic mass is 16.5. The van der Waals surface area contributed by atoms with E-state index in [1.807, 2.05) is 38.1 Å². The molecule has 0 bridgehead atoms. The lowest BCUT2D eigenvalue weighted by Gasteiger charge is -2.19. The molecule has 0 saturated carbocycles. The first-order valence-corrected chi connectivity index (χ1v) is 6.88. The van der Waals surface area contributed by atoms with E-state index in [1.165, 1.54) is 0 Å². The van der Waals surface area contributed by atoms with Crippen LogP contribution in [-0.4, -0.2) is 30.5 Å². The summed E-state index contributed by atoms with van der Waals surface area (Å²) in [5.41, 5.74) is 6.45. The van der Waals surface area contributed by atoms with E-state index in [0.29, 0.717) is 31.3 Å². The van der Waals surface area contributed by atoms with E-state index in [1.54, 1.807) is 7.11 Å². The monoisotopic (exact) mass is 291 g/mol. The van der Waals surface area contributed by atoms with Crippen LogP contribution in [0.5, 0.6) is 5.75 Å². The van der Waals surface area contributed by atoms with E-state index >= 15 is 0 Å². The minimum atomic E-state index is -0.752. The Balaban J connectivity index is 2.05. The van der Waals surface area contributed by atoms with Gasteiger partial charge < -0.3 is 19.7 Å². The van der Waals surface area contributed by atoms with E-state index in [4.69, 9.17) is 19.7 Å². The number of hydrogen-bond acceptors (Lipinski definition) is 6. The Labute approximate surface area is 124 Å². The van der Waals surface area contributed by atoms with Crippen LogP contribution in [0, 0.1) is 0 Å². The summed E-state index contributed by atoms with van der Waals surface area (Å²) in [4.78, 5) is 4.36. The SMILES string of the molecule is CCOCC(C)(N)c1noc(Cc2ccc(OC)cc2)n1. The number of nitrogens with two attached hydrogens (primary N) is 1. The normalized spacial score (nSPS) is 13.9. The van der Waals surface area contributed by atoms with Crippen LogP contribution < -0.4 is 10.5 Å². The molecular formula is C15H21N3O3. The minimum Gasteiger partial charge on any atom is -0.497 e. The highest BCUT2D eigenvalue weighted by Crippen LogP contribution is 2.18. The number of methoxy groups -OCH3 is 1. The minimum absolute atomic E-state index is 0.352. The number of benzene rings is 1. The topological polar surface area (TPSA) is 83.4 Å². The van der Waals surface area contributed by atoms with Crippen molar-refractivity contribution >= 4 is 0 Å². The summed E-state index contributed by atoms with van der Waals surface area (Å²) < 4.78 is 15.7. The van der Waals surface area contributed by atoms with Gasteiger partial charge in [0.05, 0.1) is 20.1 Å². The highest BCUT2D eigenvalue weighted by Gasteiger charge is 2.27. The zero-order chi connectivity index (χ0) is 15.3. The van der Waals surface area contributed by atoms with Crippen LogP contribution in [0.25, 0.3) is 0 Å². The molecule has 0 aliphatic rings. The van der Waals surface area contributed by atoms with Gasteiger partial charge in [0, 0.05) is 6.61 Å². The largest absolute Gasteiger partial charge is 0.497 e. The molecule has 6 heteroatoms. The van der Waals surface area contributed by atoms with Gasteiger partial charge >= 0.3 is 0 Å². The molecule has 21 heavy (non-hydrogen) atoms. The average Bonchev–Trinajstić information content (AvgIpc) is 2.95. The van der Waals surface area contributed by atoms with Gasteiger partial charge in [-0.2, -0.15) is 4.98 Å². The van der Waals surface area contributed by atoms with E-state index in [2.05, 4.69) is 10.1 Å². The maximum atomic E-state index is 6.14. The zero-order valence-electron chi connectivity index (χ0n) is 12.6. The van der Waals surface area contributed by atoms with E-state index in [9.17, 15) is 0 Å². The van der Waals surface area contributed by atoms with Crippen LogP contribution in [0.2, 0.25) is 0 Å². The second-order valence-corrected chi connectivity index (χ2v) is 5.09. The van der Waals surface area contributed by atoms with E-state index in [0.717, 1.165) is 11.3 Å². The summed E-state index contributed by atoms with van der Waals surface area (Å²) in [6.45, 7) is 4.69. The molecule has 1 heterocycles. The van der Waals surface area contributed by atoms with Gasteiger partial charge in [-0.05, 0) is 31.5 Å². The van der Waals surface area contributed by atoms with Gasteiger partial charge in [0.1, 0.15) is 11.3 Å². The van der Waals surface area contributed by atoms with Crippen LogP contribution in [0.3, 0.4) is 0 Å². The van der Waals surface area contributed by atoms with E-state index in [-0.39, 0.29) is 0 Å². The molecule has 6 nitrogen and oxygen atoms in total. The van der Waals surface area contributed by atoms with Crippen LogP contribution in [0.4, 0.5) is 0 Å². The molecule has 0 radical (unpaired) electrons. The maximum Gasteiger partial charge on any atom is 0.231 e. The van der Waals surface area contributed by atoms with Crippen LogP contribution >= 0.6 is 0 Å². The molecule has 2 N–H and O–H groups in total. The van der Waals surface area contributed by atoms with Crippen molar-refractivity contribution in [2.75, 3.05) is 20.3 Å². The van der Waals surface area contributed by atoms with Gasteiger partial charge in [0.25, 0.3) is 0 Å². The molecule has 114 valence electrons. The summed E-state index contributed by atoms with van der Waals surface area (Å²) in [6, 6.07) is 7.72. The Morgan fingerprint density at radius 1 is 1.29 bits per heavy atom. The third-order valence-electron chi connectivity index (χ3n) is 3.10. The van der Waals surface area contributed by atoms with Crippen LogP contribution in [-0.2, 0) is 16.7 Å². The van der Waals surface area contributed by atoms with Gasteiger partial charge in [0.2, 0.25) is 5.89 Å². The zero-order valence-corrected chi connectivity index (χ0v) is 12.6. The number of ether oxygens (including phenoxy) is 2. The average molecular weight is 291 g/mol. The van der Waals surface area contributed by atoms with Gasteiger partial charge in [0.15, 0.2) is 5.82 Å². The highest BCUT2D eigenvalue weighted by molar-refractivity contribution is 5.28. The molecule has 0 amide bonds. The Morgan fingerprint density at radius 3 is 2.62 bits per heavy atom. The number of rotatable bonds is 7. The molecular weight excluding hydrogens is 270 g/mol. The van der Waals surface area contributed by atoms with Gasteiger partial charge in [-0.25, -0.2) is 0 Å². The first kappa shape index (κ1) is 15.5. The van der Waals surface area contributed by atoms with Crippen molar-refractivity contribution in [2.24, 2.45) is 5.73 Å². The van der Waals surface area contributed by atoms with Crippen molar-refractivity contribution < 1.29 is 14.0 Å². The summed E-state index contributed by atoms with van der Waals surface area (Å²) in [7, 11) is 1.64. The quantitative estimate of drug-likeness (QED) is 0.838. The van der Waals surface area contributed by atoms with E-state index < -0.39 is 5.54 Å². The molecule has 0 spiro atoms. The number of nitrogens with zero attached hydrogens (tertiary/aromatic N) is 2. The Hall–Kier alpha value is -1.92. The first-order valence-electron chi connectivity index (χ1n) is 6.88. The molecule has 0 saturated heterocycles. The van der Waals surface area contributed by atoms with Crippen molar-refractivity contribution in [3.05, 3.63) is 41.5 Å². The third-order valence-corrected chi connectivity index (χ3v) is 3.10. The van der Waals surface area contributed by atoms with Crippen molar-refractivity contribution in [1.82, 2.24) is 10.1 Å². The van der Waals surface area contributed by atoms with Crippen molar-refractivity contribution in [1.29, 1.82) is 0 Å². The molecule has 1 aromatic heterocycles. The summed E-state index contributed by atoms with van der Waals surface area (Å²) >= 11 is 0. The maximum absolute atomic E-state index is 6.14. The van der Waals surface area contributed by atoms with Crippen LogP contribution in [0.15, 0.2) is 28.8 Å². The Morgan fingerprint density at radius 2 is 2.00 bits per heavy atom. The smallest absolute Gasteiger partial charge is 0.231 e. The molecule has 1 unspecified atom stereocenters. The lowest BCUT2D eigenvalue weighted by Crippen LogP contribution is -2.39. The summed E-state index contributed by atoms with van der Waals surface area (Å²) in [6.07, 6.45) is 0.557. The third kappa shape index (κ3) is 4.03. The number of hydrogen-bond donors (Lipinski definition) is 1. The predicted octanol–water partition coefficient (Wildman–Crippen LogP) is 1.88. The Bertz CT molecular complexity index is 564. The standard InChI is InChI=1S/C15H21N3O3/c1-4-20-10-15(2,16)14-17-13(21-18-14)9-11-5-7-12(19-3)8-6-11/h5-8H,4,9-10,16H2,1-3H3. The molecule has 0 aliphatic carbocycles. The lowest BCUT2D eigenvalue weighted by molar-refractivity contribution is 0.0962. The fourth-order valence-electron chi connectivity index (χ4n) is 1.86. The van der Waals surface area contributed by atoms with Crippen LogP contribution in [0.1, 0.15) is 31.1 Å². The molecule has 2 rings (SSSR count). The second kappa shape index (κ2) is 6.69. The summed E-state index contributed by atoms with van der Waals surface area (Å²) in [5.74, 6) is 1.80. The van der Waals surface area contributed by atoms with Gasteiger partial charge in [-0.15, -0.1) is 0 Å². The Kier molecular flexibility index (Phi) is 4.93. The molecule has 1 aromatic carbocycles. The first-order chi connectivity index (χ1) is 10.0. The van der Waals surface area contributed by atoms with Crippen molar-refractivity contribution in [3.63, 3.8) is 0 Å². The fraction of sp³-hybridized carbons (Fsp3) is 0.467. The van der Waals surface area contributed by atoms with Crippen molar-refractivity contribution in [3.8, 4) is 5.75 Å². The predicted molar refractivity (Wildman–Crippen MR) is 78.1 cm³/mol. The fourth-order valence-corrected chi connectivity index (χ4v) is 1.86. The summed E-state index contributed by atoms with van der Waals surface area (Å²) in [5, 5.41) is 3.95. The molecule has 0 aliphatic heterocycles. The molecule has 1 atom stereocenters. The number of aromatic nitrogens is 2. The molecule has 0 fully saturated rings. The van der Waals surface area contributed by atoms with Gasteiger partial charge in [-0.3, -0.25) is 0 Å². The lowest BCUT2D eigenvalue weighted by atomic mass is 10.1. The van der Waals surface area contributed by atoms with Gasteiger partial charge in [-0.1, -0.05) is 17.3 Å². The molecule has 2 aromatic rings.